The highest BCUT2D eigenvalue weighted by atomic mass is 127. The van der Waals surface area contributed by atoms with Crippen LogP contribution in [0.25, 0.3) is 0 Å². The molecule has 0 radical (unpaired) electrons. The van der Waals surface area contributed by atoms with Gasteiger partial charge in [-0.2, -0.15) is 5.10 Å². The molecule has 13 heteroatoms. The second kappa shape index (κ2) is 15.5. The lowest BCUT2D eigenvalue weighted by Crippen LogP contribution is -2.45. The lowest BCUT2D eigenvalue weighted by atomic mass is 9.95. The average molecular weight is 798 g/mol. The van der Waals surface area contributed by atoms with Crippen molar-refractivity contribution in [3.05, 3.63) is 102 Å². The first-order valence-corrected chi connectivity index (χ1v) is 15.7. The molecule has 43 heavy (non-hydrogen) atoms. The number of rotatable bonds is 11. The number of amides is 1. The molecular weight excluding hydrogens is 771 g/mol. The molecule has 3 aromatic carbocycles. The number of benzene rings is 3. The standard InChI is InChI=1S/C30H27BrClIN4O5S/c1-3-40-29(39)26-17(2)35-30(43)36-27(26)20-9-5-7-11-24(20)41-16-25(38)37-34-14-18-12-21(31)28(23(33)13-18)42-15-19-8-4-6-10-22(19)32/h4-14,27H,3,15-16H2,1-2H3,(H,37,38)(H2,35,36,43)/t27-/m1/s1. The van der Waals surface area contributed by atoms with Crippen LogP contribution in [-0.4, -0.2) is 36.4 Å². The van der Waals surface area contributed by atoms with E-state index >= 15 is 0 Å². The predicted octanol–water partition coefficient (Wildman–Crippen LogP) is 6.17. The molecule has 0 bridgehead atoms. The van der Waals surface area contributed by atoms with Gasteiger partial charge in [-0.25, -0.2) is 10.2 Å². The SMILES string of the molecule is CCOC(=O)C1=C(C)NC(=S)N[C@@H]1c1ccccc1OCC(=O)NN=Cc1cc(Br)c(OCc2ccccc2Cl)c(I)c1. The third kappa shape index (κ3) is 8.68. The summed E-state index contributed by atoms with van der Waals surface area (Å²) in [6.45, 7) is 3.73. The van der Waals surface area contributed by atoms with Gasteiger partial charge in [0.15, 0.2) is 11.7 Å². The zero-order valence-corrected chi connectivity index (χ0v) is 28.4. The quantitative estimate of drug-likeness (QED) is 0.0696. The number of thiocarbonyl (C=S) groups is 1. The normalized spacial score (nSPS) is 14.6. The van der Waals surface area contributed by atoms with E-state index in [-0.39, 0.29) is 13.2 Å². The van der Waals surface area contributed by atoms with Crippen molar-refractivity contribution in [3.8, 4) is 11.5 Å². The van der Waals surface area contributed by atoms with E-state index in [4.69, 9.17) is 38.0 Å². The maximum absolute atomic E-state index is 12.7. The van der Waals surface area contributed by atoms with Gasteiger partial charge in [0.05, 0.1) is 32.5 Å². The van der Waals surface area contributed by atoms with Gasteiger partial charge in [-0.1, -0.05) is 48.0 Å². The van der Waals surface area contributed by atoms with Crippen molar-refractivity contribution in [2.45, 2.75) is 26.5 Å². The van der Waals surface area contributed by atoms with Crippen LogP contribution in [0, 0.1) is 3.57 Å². The fraction of sp³-hybridized carbons (Fsp3) is 0.200. The maximum Gasteiger partial charge on any atom is 0.338 e. The summed E-state index contributed by atoms with van der Waals surface area (Å²) in [6, 6.07) is 17.7. The van der Waals surface area contributed by atoms with Crippen LogP contribution < -0.4 is 25.5 Å². The predicted molar refractivity (Wildman–Crippen MR) is 181 cm³/mol. The largest absolute Gasteiger partial charge is 0.487 e. The van der Waals surface area contributed by atoms with Gasteiger partial charge in [-0.05, 0) is 94.4 Å². The lowest BCUT2D eigenvalue weighted by molar-refractivity contribution is -0.139. The Hall–Kier alpha value is -3.20. The smallest absolute Gasteiger partial charge is 0.338 e. The Kier molecular flexibility index (Phi) is 11.8. The Bertz CT molecular complexity index is 1580. The summed E-state index contributed by atoms with van der Waals surface area (Å²) < 4.78 is 18.7. The van der Waals surface area contributed by atoms with Crippen LogP contribution in [0.5, 0.6) is 11.5 Å². The molecule has 1 heterocycles. The van der Waals surface area contributed by atoms with Crippen LogP contribution in [0.3, 0.4) is 0 Å². The molecule has 1 atom stereocenters. The van der Waals surface area contributed by atoms with Gasteiger partial charge in [0.25, 0.3) is 5.91 Å². The molecule has 0 unspecified atom stereocenters. The first-order chi connectivity index (χ1) is 20.7. The number of ether oxygens (including phenoxy) is 3. The van der Waals surface area contributed by atoms with Gasteiger partial charge in [0.2, 0.25) is 0 Å². The van der Waals surface area contributed by atoms with Crippen molar-refractivity contribution in [1.29, 1.82) is 0 Å². The summed E-state index contributed by atoms with van der Waals surface area (Å²) in [4.78, 5) is 25.3. The van der Waals surface area contributed by atoms with E-state index in [1.165, 1.54) is 6.21 Å². The van der Waals surface area contributed by atoms with Gasteiger partial charge in [-0.15, -0.1) is 0 Å². The van der Waals surface area contributed by atoms with Crippen LogP contribution in [0.15, 0.2) is 81.5 Å². The molecule has 224 valence electrons. The summed E-state index contributed by atoms with van der Waals surface area (Å²) >= 11 is 17.3. The Morgan fingerprint density at radius 3 is 2.65 bits per heavy atom. The maximum atomic E-state index is 12.7. The highest BCUT2D eigenvalue weighted by molar-refractivity contribution is 14.1. The molecular formula is C30H27BrClIN4O5S. The summed E-state index contributed by atoms with van der Waals surface area (Å²) in [7, 11) is 0. The third-order valence-corrected chi connectivity index (χ3v) is 8.09. The number of hydrogen-bond acceptors (Lipinski definition) is 7. The first kappa shape index (κ1) is 32.7. The summed E-state index contributed by atoms with van der Waals surface area (Å²) in [5, 5.41) is 11.1. The van der Waals surface area contributed by atoms with E-state index in [0.29, 0.717) is 45.1 Å². The Labute approximate surface area is 281 Å². The Morgan fingerprint density at radius 2 is 1.91 bits per heavy atom. The minimum atomic E-state index is -0.623. The van der Waals surface area contributed by atoms with Crippen LogP contribution in [-0.2, 0) is 20.9 Å². The number of hydrazone groups is 1. The molecule has 0 aliphatic carbocycles. The molecule has 0 spiro atoms. The minimum Gasteiger partial charge on any atom is -0.487 e. The molecule has 0 saturated heterocycles. The molecule has 0 saturated carbocycles. The number of halogens is 3. The molecule has 9 nitrogen and oxygen atoms in total. The van der Waals surface area contributed by atoms with Crippen molar-refractivity contribution >= 4 is 85.5 Å². The van der Waals surface area contributed by atoms with E-state index in [2.05, 4.69) is 59.7 Å². The number of carbonyl (C=O) groups excluding carboxylic acids is 2. The van der Waals surface area contributed by atoms with Crippen molar-refractivity contribution in [3.63, 3.8) is 0 Å². The van der Waals surface area contributed by atoms with E-state index in [0.717, 1.165) is 19.2 Å². The minimum absolute atomic E-state index is 0.225. The second-order valence-electron chi connectivity index (χ2n) is 9.10. The Morgan fingerprint density at radius 1 is 1.16 bits per heavy atom. The molecule has 1 aliphatic rings. The fourth-order valence-electron chi connectivity index (χ4n) is 4.17. The zero-order valence-electron chi connectivity index (χ0n) is 23.1. The van der Waals surface area contributed by atoms with E-state index in [1.807, 2.05) is 42.5 Å². The average Bonchev–Trinajstić information content (AvgIpc) is 2.96. The van der Waals surface area contributed by atoms with Gasteiger partial charge in [0.1, 0.15) is 18.1 Å². The van der Waals surface area contributed by atoms with Crippen LogP contribution in [0.4, 0.5) is 0 Å². The van der Waals surface area contributed by atoms with Crippen LogP contribution in [0.1, 0.15) is 36.6 Å². The molecule has 0 aromatic heterocycles. The van der Waals surface area contributed by atoms with Gasteiger partial charge in [-0.3, -0.25) is 4.79 Å². The number of nitrogens with zero attached hydrogens (tertiary/aromatic N) is 1. The Balaban J connectivity index is 1.38. The topological polar surface area (TPSA) is 110 Å². The molecule has 4 rings (SSSR count). The summed E-state index contributed by atoms with van der Waals surface area (Å²) in [6.07, 6.45) is 1.52. The molecule has 1 amide bonds. The molecule has 3 N–H and O–H groups in total. The van der Waals surface area contributed by atoms with Crippen molar-refractivity contribution < 1.29 is 23.8 Å². The first-order valence-electron chi connectivity index (χ1n) is 13.0. The highest BCUT2D eigenvalue weighted by Crippen LogP contribution is 2.34. The number of nitrogens with one attached hydrogen (secondary N) is 3. The number of carbonyl (C=O) groups is 2. The highest BCUT2D eigenvalue weighted by Gasteiger charge is 2.32. The number of para-hydroxylation sites is 1. The fourth-order valence-corrected chi connectivity index (χ4v) is 6.40. The molecule has 0 fully saturated rings. The number of esters is 1. The van der Waals surface area contributed by atoms with E-state index in [1.54, 1.807) is 32.0 Å². The zero-order chi connectivity index (χ0) is 30.9. The van der Waals surface area contributed by atoms with Crippen molar-refractivity contribution in [2.75, 3.05) is 13.2 Å². The number of allylic oxidation sites excluding steroid dienone is 1. The lowest BCUT2D eigenvalue weighted by Gasteiger charge is -2.30. The van der Waals surface area contributed by atoms with Crippen LogP contribution >= 0.6 is 62.3 Å². The van der Waals surface area contributed by atoms with E-state index in [9.17, 15) is 9.59 Å². The van der Waals surface area contributed by atoms with E-state index < -0.39 is 17.9 Å². The van der Waals surface area contributed by atoms with Crippen molar-refractivity contribution in [1.82, 2.24) is 16.1 Å². The third-order valence-electron chi connectivity index (χ3n) is 6.11. The van der Waals surface area contributed by atoms with Crippen LogP contribution in [0.2, 0.25) is 5.02 Å². The monoisotopic (exact) mass is 796 g/mol. The summed E-state index contributed by atoms with van der Waals surface area (Å²) in [5.41, 5.74) is 5.68. The van der Waals surface area contributed by atoms with Gasteiger partial charge >= 0.3 is 5.97 Å². The summed E-state index contributed by atoms with van der Waals surface area (Å²) in [5.74, 6) is 0.139. The molecule has 1 aliphatic heterocycles. The van der Waals surface area contributed by atoms with Crippen molar-refractivity contribution in [2.24, 2.45) is 5.10 Å². The molecule has 3 aromatic rings. The van der Waals surface area contributed by atoms with Gasteiger partial charge in [0, 0.05) is 21.8 Å². The number of hydrogen-bond donors (Lipinski definition) is 3. The van der Waals surface area contributed by atoms with Gasteiger partial charge < -0.3 is 24.8 Å². The second-order valence-corrected chi connectivity index (χ2v) is 11.9.